The highest BCUT2D eigenvalue weighted by atomic mass is 16.2. The van der Waals surface area contributed by atoms with E-state index in [1.807, 2.05) is 6.07 Å². The molecule has 22 heavy (non-hydrogen) atoms. The van der Waals surface area contributed by atoms with E-state index in [1.54, 1.807) is 29.1 Å². The third-order valence-corrected chi connectivity index (χ3v) is 4.11. The van der Waals surface area contributed by atoms with Crippen LogP contribution in [0.1, 0.15) is 31.1 Å². The standard InChI is InChI=1S/C16H24N4O2/c1-4-18(5-2)15-10-14(11-17-12-15)16(22)20-8-6-19(7-9-20)13(3)21/h10-12H,4-9H2,1-3H3. The number of hydrogen-bond acceptors (Lipinski definition) is 4. The van der Waals surface area contributed by atoms with Crippen molar-refractivity contribution < 1.29 is 9.59 Å². The van der Waals surface area contributed by atoms with E-state index in [-0.39, 0.29) is 11.8 Å². The molecule has 0 atom stereocenters. The van der Waals surface area contributed by atoms with Crippen molar-refractivity contribution in [2.45, 2.75) is 20.8 Å². The van der Waals surface area contributed by atoms with Gasteiger partial charge in [0, 0.05) is 52.4 Å². The van der Waals surface area contributed by atoms with Gasteiger partial charge in [-0.2, -0.15) is 0 Å². The Kier molecular flexibility index (Phi) is 5.35. The number of piperazine rings is 1. The Morgan fingerprint density at radius 3 is 2.23 bits per heavy atom. The van der Waals surface area contributed by atoms with Crippen LogP contribution in [0.15, 0.2) is 18.5 Å². The average Bonchev–Trinajstić information content (AvgIpc) is 2.56. The number of carbonyl (C=O) groups excluding carboxylic acids is 2. The van der Waals surface area contributed by atoms with Gasteiger partial charge >= 0.3 is 0 Å². The minimum atomic E-state index is -0.00953. The van der Waals surface area contributed by atoms with Crippen LogP contribution in [-0.4, -0.2) is 65.9 Å². The van der Waals surface area contributed by atoms with Crippen molar-refractivity contribution in [3.63, 3.8) is 0 Å². The number of carbonyl (C=O) groups is 2. The van der Waals surface area contributed by atoms with Gasteiger partial charge in [-0.15, -0.1) is 0 Å². The molecule has 1 aliphatic heterocycles. The van der Waals surface area contributed by atoms with Gasteiger partial charge in [0.2, 0.25) is 5.91 Å². The van der Waals surface area contributed by atoms with E-state index >= 15 is 0 Å². The van der Waals surface area contributed by atoms with Crippen LogP contribution in [0, 0.1) is 0 Å². The normalized spacial score (nSPS) is 14.9. The highest BCUT2D eigenvalue weighted by Crippen LogP contribution is 2.16. The number of aromatic nitrogens is 1. The lowest BCUT2D eigenvalue weighted by atomic mass is 10.2. The van der Waals surface area contributed by atoms with Crippen molar-refractivity contribution in [3.05, 3.63) is 24.0 Å². The fourth-order valence-corrected chi connectivity index (χ4v) is 2.71. The topological polar surface area (TPSA) is 56.8 Å². The maximum Gasteiger partial charge on any atom is 0.255 e. The lowest BCUT2D eigenvalue weighted by Crippen LogP contribution is -2.50. The van der Waals surface area contributed by atoms with Crippen LogP contribution in [0.4, 0.5) is 5.69 Å². The van der Waals surface area contributed by atoms with Gasteiger partial charge in [0.05, 0.1) is 17.4 Å². The summed E-state index contributed by atoms with van der Waals surface area (Å²) >= 11 is 0. The van der Waals surface area contributed by atoms with Gasteiger partial charge in [-0.05, 0) is 19.9 Å². The van der Waals surface area contributed by atoms with E-state index < -0.39 is 0 Å². The summed E-state index contributed by atoms with van der Waals surface area (Å²) in [6, 6.07) is 1.90. The van der Waals surface area contributed by atoms with Gasteiger partial charge in [0.1, 0.15) is 0 Å². The van der Waals surface area contributed by atoms with E-state index in [0.717, 1.165) is 18.8 Å². The second-order valence-corrected chi connectivity index (χ2v) is 5.40. The first-order valence-electron chi connectivity index (χ1n) is 7.81. The van der Waals surface area contributed by atoms with E-state index in [0.29, 0.717) is 31.7 Å². The molecule has 6 nitrogen and oxygen atoms in total. The minimum absolute atomic E-state index is 0.00953. The van der Waals surface area contributed by atoms with Crippen LogP contribution in [0.25, 0.3) is 0 Å². The molecular formula is C16H24N4O2. The van der Waals surface area contributed by atoms with Gasteiger partial charge in [0.25, 0.3) is 5.91 Å². The highest BCUT2D eigenvalue weighted by Gasteiger charge is 2.23. The third-order valence-electron chi connectivity index (χ3n) is 4.11. The van der Waals surface area contributed by atoms with Gasteiger partial charge in [-0.25, -0.2) is 0 Å². The summed E-state index contributed by atoms with van der Waals surface area (Å²) < 4.78 is 0. The molecule has 0 saturated carbocycles. The van der Waals surface area contributed by atoms with Gasteiger partial charge in [-0.3, -0.25) is 14.6 Å². The molecule has 6 heteroatoms. The molecule has 0 bridgehead atoms. The van der Waals surface area contributed by atoms with Crippen LogP contribution in [0.3, 0.4) is 0 Å². The summed E-state index contributed by atoms with van der Waals surface area (Å²) in [5, 5.41) is 0. The number of anilines is 1. The van der Waals surface area contributed by atoms with E-state index in [4.69, 9.17) is 0 Å². The molecular weight excluding hydrogens is 280 g/mol. The molecule has 1 aromatic heterocycles. The summed E-state index contributed by atoms with van der Waals surface area (Å²) in [5.41, 5.74) is 1.58. The second kappa shape index (κ2) is 7.24. The van der Waals surface area contributed by atoms with Crippen LogP contribution >= 0.6 is 0 Å². The summed E-state index contributed by atoms with van der Waals surface area (Å²) in [5.74, 6) is 0.0574. The number of amides is 2. The van der Waals surface area contributed by atoms with Gasteiger partial charge in [0.15, 0.2) is 0 Å². The van der Waals surface area contributed by atoms with Crippen LogP contribution in [0.2, 0.25) is 0 Å². The molecule has 0 N–H and O–H groups in total. The molecule has 1 fully saturated rings. The Hall–Kier alpha value is -2.11. The first-order valence-corrected chi connectivity index (χ1v) is 7.81. The lowest BCUT2D eigenvalue weighted by Gasteiger charge is -2.34. The van der Waals surface area contributed by atoms with Crippen LogP contribution in [0.5, 0.6) is 0 Å². The zero-order valence-corrected chi connectivity index (χ0v) is 13.6. The second-order valence-electron chi connectivity index (χ2n) is 5.40. The van der Waals surface area contributed by atoms with Crippen molar-refractivity contribution in [2.24, 2.45) is 0 Å². The fourth-order valence-electron chi connectivity index (χ4n) is 2.71. The summed E-state index contributed by atoms with van der Waals surface area (Å²) in [6.45, 7) is 9.85. The SMILES string of the molecule is CCN(CC)c1cncc(C(=O)N2CCN(C(C)=O)CC2)c1. The molecule has 0 aromatic carbocycles. The van der Waals surface area contributed by atoms with Crippen molar-refractivity contribution in [3.8, 4) is 0 Å². The molecule has 1 aliphatic rings. The van der Waals surface area contributed by atoms with Crippen molar-refractivity contribution in [2.75, 3.05) is 44.2 Å². The molecule has 0 radical (unpaired) electrons. The maximum absolute atomic E-state index is 12.6. The predicted molar refractivity (Wildman–Crippen MR) is 86.0 cm³/mol. The molecule has 1 saturated heterocycles. The Labute approximate surface area is 131 Å². The van der Waals surface area contributed by atoms with Gasteiger partial charge < -0.3 is 14.7 Å². The third kappa shape index (κ3) is 3.55. The first-order chi connectivity index (χ1) is 10.6. The number of nitrogens with zero attached hydrogens (tertiary/aromatic N) is 4. The maximum atomic E-state index is 12.6. The summed E-state index contributed by atoms with van der Waals surface area (Å²) in [6.07, 6.45) is 3.41. The number of pyridine rings is 1. The summed E-state index contributed by atoms with van der Waals surface area (Å²) in [7, 11) is 0. The molecule has 0 unspecified atom stereocenters. The van der Waals surface area contributed by atoms with E-state index in [9.17, 15) is 9.59 Å². The molecule has 120 valence electrons. The van der Waals surface area contributed by atoms with Crippen molar-refractivity contribution in [1.82, 2.24) is 14.8 Å². The summed E-state index contributed by atoms with van der Waals surface area (Å²) in [4.78, 5) is 33.9. The number of rotatable bonds is 4. The van der Waals surface area contributed by atoms with E-state index in [1.165, 1.54) is 0 Å². The molecule has 1 aromatic rings. The van der Waals surface area contributed by atoms with Gasteiger partial charge in [-0.1, -0.05) is 0 Å². The zero-order chi connectivity index (χ0) is 16.1. The predicted octanol–water partition coefficient (Wildman–Crippen LogP) is 1.23. The Balaban J connectivity index is 2.07. The molecule has 2 amide bonds. The largest absolute Gasteiger partial charge is 0.371 e. The minimum Gasteiger partial charge on any atom is -0.371 e. The quantitative estimate of drug-likeness (QED) is 0.839. The lowest BCUT2D eigenvalue weighted by molar-refractivity contribution is -0.130. The molecule has 0 spiro atoms. The Bertz CT molecular complexity index is 535. The molecule has 2 heterocycles. The Morgan fingerprint density at radius 1 is 1.09 bits per heavy atom. The van der Waals surface area contributed by atoms with Crippen molar-refractivity contribution in [1.29, 1.82) is 0 Å². The highest BCUT2D eigenvalue weighted by molar-refractivity contribution is 5.95. The van der Waals surface area contributed by atoms with Crippen LogP contribution in [-0.2, 0) is 4.79 Å². The number of hydrogen-bond donors (Lipinski definition) is 0. The van der Waals surface area contributed by atoms with E-state index in [2.05, 4.69) is 23.7 Å². The molecule has 0 aliphatic carbocycles. The zero-order valence-electron chi connectivity index (χ0n) is 13.6. The average molecular weight is 304 g/mol. The van der Waals surface area contributed by atoms with Crippen LogP contribution < -0.4 is 4.90 Å². The monoisotopic (exact) mass is 304 g/mol. The van der Waals surface area contributed by atoms with Crippen molar-refractivity contribution >= 4 is 17.5 Å². The first kappa shape index (κ1) is 16.3. The molecule has 2 rings (SSSR count). The Morgan fingerprint density at radius 2 is 1.68 bits per heavy atom. The fraction of sp³-hybridized carbons (Fsp3) is 0.562. The smallest absolute Gasteiger partial charge is 0.255 e.